The third-order valence-corrected chi connectivity index (χ3v) is 9.66. The van der Waals surface area contributed by atoms with Crippen molar-refractivity contribution in [1.29, 1.82) is 0 Å². The van der Waals surface area contributed by atoms with Crippen LogP contribution in [-0.4, -0.2) is 30.9 Å². The molecule has 6 atom stereocenters. The molecule has 33 heavy (non-hydrogen) atoms. The summed E-state index contributed by atoms with van der Waals surface area (Å²) in [7, 11) is 0. The largest absolute Gasteiger partial charge is 0.465 e. The van der Waals surface area contributed by atoms with Crippen LogP contribution in [-0.2, 0) is 23.9 Å². The molecule has 5 heteroatoms. The van der Waals surface area contributed by atoms with E-state index in [4.69, 9.17) is 9.47 Å². The van der Waals surface area contributed by atoms with Crippen molar-refractivity contribution in [2.75, 3.05) is 13.2 Å². The lowest BCUT2D eigenvalue weighted by molar-refractivity contribution is -0.162. The Hall–Kier alpha value is -1.91. The van der Waals surface area contributed by atoms with Gasteiger partial charge < -0.3 is 9.47 Å². The van der Waals surface area contributed by atoms with Gasteiger partial charge in [-0.25, -0.2) is 0 Å². The molecular formula is C28H40O5. The van der Waals surface area contributed by atoms with Gasteiger partial charge in [0, 0.05) is 6.42 Å². The smallest absolute Gasteiger partial charge is 0.320 e. The van der Waals surface area contributed by atoms with Crippen LogP contribution in [0.2, 0.25) is 0 Å². The molecule has 0 aromatic heterocycles. The van der Waals surface area contributed by atoms with Gasteiger partial charge in [-0.2, -0.15) is 0 Å². The van der Waals surface area contributed by atoms with Gasteiger partial charge in [-0.1, -0.05) is 26.0 Å². The number of carbonyl (C=O) groups is 3. The Labute approximate surface area is 198 Å². The molecule has 2 saturated carbocycles. The molecular weight excluding hydrogens is 416 g/mol. The fraction of sp³-hybridized carbons (Fsp3) is 0.750. The number of hydrogen-bond acceptors (Lipinski definition) is 5. The van der Waals surface area contributed by atoms with E-state index in [1.807, 2.05) is 6.08 Å². The zero-order valence-electron chi connectivity index (χ0n) is 20.7. The lowest BCUT2D eigenvalue weighted by atomic mass is 9.48. The number of ether oxygens (including phenoxy) is 2. The fourth-order valence-electron chi connectivity index (χ4n) is 7.77. The summed E-state index contributed by atoms with van der Waals surface area (Å²) in [6.45, 7) is 8.90. The second-order valence-electron chi connectivity index (χ2n) is 11.1. The van der Waals surface area contributed by atoms with E-state index in [0.717, 1.165) is 19.3 Å². The molecule has 0 aliphatic heterocycles. The zero-order chi connectivity index (χ0) is 23.8. The summed E-state index contributed by atoms with van der Waals surface area (Å²) in [4.78, 5) is 36.9. The number of ketones is 1. The minimum Gasteiger partial charge on any atom is -0.465 e. The van der Waals surface area contributed by atoms with Crippen LogP contribution < -0.4 is 0 Å². The van der Waals surface area contributed by atoms with E-state index >= 15 is 0 Å². The van der Waals surface area contributed by atoms with Gasteiger partial charge in [0.1, 0.15) is 0 Å². The first kappa shape index (κ1) is 24.2. The van der Waals surface area contributed by atoms with Crippen LogP contribution in [0.1, 0.15) is 79.1 Å². The van der Waals surface area contributed by atoms with Crippen LogP contribution in [0, 0.1) is 40.4 Å². The molecule has 4 aliphatic rings. The second kappa shape index (κ2) is 9.38. The molecule has 0 heterocycles. The van der Waals surface area contributed by atoms with Crippen LogP contribution in [0.15, 0.2) is 23.8 Å². The highest BCUT2D eigenvalue weighted by molar-refractivity contribution is 5.94. The average Bonchev–Trinajstić information content (AvgIpc) is 3.11. The van der Waals surface area contributed by atoms with Gasteiger partial charge in [-0.3, -0.25) is 14.4 Å². The maximum atomic E-state index is 12.4. The second-order valence-corrected chi connectivity index (χ2v) is 11.1. The summed E-state index contributed by atoms with van der Waals surface area (Å²) in [5.74, 6) is 0.829. The van der Waals surface area contributed by atoms with Gasteiger partial charge >= 0.3 is 11.9 Å². The Bertz CT molecular complexity index is 838. The van der Waals surface area contributed by atoms with E-state index in [1.165, 1.54) is 24.8 Å². The number of carbonyl (C=O) groups excluding carboxylic acids is 3. The monoisotopic (exact) mass is 456 g/mol. The van der Waals surface area contributed by atoms with E-state index in [-0.39, 0.29) is 29.8 Å². The Morgan fingerprint density at radius 2 is 1.73 bits per heavy atom. The Morgan fingerprint density at radius 1 is 1.03 bits per heavy atom. The van der Waals surface area contributed by atoms with Gasteiger partial charge in [0.15, 0.2) is 11.7 Å². The van der Waals surface area contributed by atoms with Gasteiger partial charge in [0.25, 0.3) is 0 Å². The van der Waals surface area contributed by atoms with Gasteiger partial charge in [0.2, 0.25) is 0 Å². The number of rotatable bonds is 7. The standard InChI is InChI=1S/C28H40O5/c1-5-32-25(30)22(26(31)33-6-2)11-7-18-9-12-23-21-10-8-19-17-20(29)13-15-28(19,4)24(21)14-16-27(18,23)3/h8,10,17-18,21-24H,5-7,9,11-16H2,1-4H3. The van der Waals surface area contributed by atoms with Crippen molar-refractivity contribution in [3.63, 3.8) is 0 Å². The van der Waals surface area contributed by atoms with Crippen molar-refractivity contribution in [1.82, 2.24) is 0 Å². The molecule has 0 aromatic carbocycles. The molecule has 0 aromatic rings. The van der Waals surface area contributed by atoms with E-state index in [1.54, 1.807) is 13.8 Å². The summed E-state index contributed by atoms with van der Waals surface area (Å²) in [6, 6.07) is 0. The predicted octanol–water partition coefficient (Wildman–Crippen LogP) is 5.43. The Kier molecular flexibility index (Phi) is 6.89. The Morgan fingerprint density at radius 3 is 2.39 bits per heavy atom. The van der Waals surface area contributed by atoms with Crippen molar-refractivity contribution in [2.24, 2.45) is 40.4 Å². The molecule has 4 rings (SSSR count). The molecule has 0 N–H and O–H groups in total. The molecule has 0 radical (unpaired) electrons. The summed E-state index contributed by atoms with van der Waals surface area (Å²) < 4.78 is 10.4. The predicted molar refractivity (Wildman–Crippen MR) is 126 cm³/mol. The number of hydrogen-bond donors (Lipinski definition) is 0. The van der Waals surface area contributed by atoms with Crippen LogP contribution in [0.25, 0.3) is 0 Å². The first-order valence-corrected chi connectivity index (χ1v) is 13.0. The molecule has 0 amide bonds. The minimum atomic E-state index is -0.815. The molecule has 5 nitrogen and oxygen atoms in total. The normalized spacial score (nSPS) is 37.1. The van der Waals surface area contributed by atoms with E-state index in [9.17, 15) is 14.4 Å². The molecule has 0 spiro atoms. The van der Waals surface area contributed by atoms with Crippen LogP contribution in [0.5, 0.6) is 0 Å². The Balaban J connectivity index is 1.49. The topological polar surface area (TPSA) is 69.7 Å². The van der Waals surface area contributed by atoms with Crippen molar-refractivity contribution < 1.29 is 23.9 Å². The van der Waals surface area contributed by atoms with Gasteiger partial charge in [-0.05, 0) is 105 Å². The summed E-state index contributed by atoms with van der Waals surface area (Å²) in [5, 5.41) is 0. The maximum absolute atomic E-state index is 12.4. The molecule has 182 valence electrons. The molecule has 0 bridgehead atoms. The third kappa shape index (κ3) is 4.21. The highest BCUT2D eigenvalue weighted by atomic mass is 16.6. The fourth-order valence-corrected chi connectivity index (χ4v) is 7.77. The van der Waals surface area contributed by atoms with Crippen molar-refractivity contribution in [3.8, 4) is 0 Å². The summed E-state index contributed by atoms with van der Waals surface area (Å²) in [6.07, 6.45) is 14.2. The van der Waals surface area contributed by atoms with Crippen molar-refractivity contribution >= 4 is 17.7 Å². The molecule has 6 unspecified atom stereocenters. The van der Waals surface area contributed by atoms with E-state index in [2.05, 4.69) is 26.0 Å². The van der Waals surface area contributed by atoms with E-state index < -0.39 is 17.9 Å². The number of fused-ring (bicyclic) bond motifs is 5. The number of allylic oxidation sites excluding steroid dienone is 4. The third-order valence-electron chi connectivity index (χ3n) is 9.66. The summed E-state index contributed by atoms with van der Waals surface area (Å²) >= 11 is 0. The van der Waals surface area contributed by atoms with Crippen LogP contribution >= 0.6 is 0 Å². The van der Waals surface area contributed by atoms with Gasteiger partial charge in [-0.15, -0.1) is 0 Å². The van der Waals surface area contributed by atoms with Crippen LogP contribution in [0.4, 0.5) is 0 Å². The van der Waals surface area contributed by atoms with Gasteiger partial charge in [0.05, 0.1) is 13.2 Å². The first-order valence-electron chi connectivity index (χ1n) is 13.0. The zero-order valence-corrected chi connectivity index (χ0v) is 20.7. The quantitative estimate of drug-likeness (QED) is 0.377. The highest BCUT2D eigenvalue weighted by Gasteiger charge is 2.57. The average molecular weight is 457 g/mol. The molecule has 4 aliphatic carbocycles. The minimum absolute atomic E-state index is 0.117. The first-order chi connectivity index (χ1) is 15.7. The highest BCUT2D eigenvalue weighted by Crippen LogP contribution is 2.65. The summed E-state index contributed by atoms with van der Waals surface area (Å²) in [5.41, 5.74) is 1.58. The van der Waals surface area contributed by atoms with E-state index in [0.29, 0.717) is 36.5 Å². The molecule has 2 fully saturated rings. The molecule has 0 saturated heterocycles. The van der Waals surface area contributed by atoms with Crippen molar-refractivity contribution in [3.05, 3.63) is 23.8 Å². The number of esters is 2. The lowest BCUT2D eigenvalue weighted by Gasteiger charge is -2.56. The lowest BCUT2D eigenvalue weighted by Crippen LogP contribution is -2.49. The van der Waals surface area contributed by atoms with Crippen LogP contribution in [0.3, 0.4) is 0 Å². The van der Waals surface area contributed by atoms with Crippen molar-refractivity contribution in [2.45, 2.75) is 79.1 Å². The maximum Gasteiger partial charge on any atom is 0.320 e. The SMILES string of the molecule is CCOC(=O)C(CCC1CCC2C3C=CC4=CC(=O)CCC4(C)C3CCC12C)C(=O)OCC.